The third-order valence-electron chi connectivity index (χ3n) is 5.21. The first-order valence-corrected chi connectivity index (χ1v) is 10.0. The maximum atomic E-state index is 9.75. The Balaban J connectivity index is 1.67. The molecule has 1 aromatic carbocycles. The van der Waals surface area contributed by atoms with Crippen LogP contribution in [0.3, 0.4) is 0 Å². The average Bonchev–Trinajstić information content (AvgIpc) is 3.40. The van der Waals surface area contributed by atoms with Crippen molar-refractivity contribution in [2.75, 3.05) is 4.90 Å². The summed E-state index contributed by atoms with van der Waals surface area (Å²) in [5.41, 5.74) is 2.83. The van der Waals surface area contributed by atoms with Crippen LogP contribution in [-0.4, -0.2) is 24.8 Å². The monoisotopic (exact) mass is 413 g/mol. The fraction of sp³-hybridized carbons (Fsp3) is 0.0870. The summed E-state index contributed by atoms with van der Waals surface area (Å²) in [6.07, 6.45) is 5.58. The van der Waals surface area contributed by atoms with Gasteiger partial charge in [-0.05, 0) is 72.9 Å². The Morgan fingerprint density at radius 1 is 0.867 bits per heavy atom. The summed E-state index contributed by atoms with van der Waals surface area (Å²) in [7, 11) is 0. The molecule has 2 atom stereocenters. The largest absolute Gasteiger partial charge is 0.508 e. The predicted octanol–water partition coefficient (Wildman–Crippen LogP) is 4.15. The van der Waals surface area contributed by atoms with Crippen LogP contribution in [0.15, 0.2) is 91.4 Å². The maximum Gasteiger partial charge on any atom is 0.174 e. The van der Waals surface area contributed by atoms with Crippen molar-refractivity contribution in [3.05, 3.63) is 103 Å². The quantitative estimate of drug-likeness (QED) is 0.490. The molecule has 4 aromatic rings. The molecule has 1 aliphatic heterocycles. The minimum Gasteiger partial charge on any atom is -0.508 e. The second-order valence-electron chi connectivity index (χ2n) is 7.00. The van der Waals surface area contributed by atoms with E-state index in [1.54, 1.807) is 24.5 Å². The van der Waals surface area contributed by atoms with E-state index in [1.807, 2.05) is 60.8 Å². The summed E-state index contributed by atoms with van der Waals surface area (Å²) in [6, 6.07) is 22.6. The smallest absolute Gasteiger partial charge is 0.174 e. The van der Waals surface area contributed by atoms with Crippen molar-refractivity contribution < 1.29 is 5.11 Å². The molecule has 5 rings (SSSR count). The van der Waals surface area contributed by atoms with Crippen molar-refractivity contribution in [1.82, 2.24) is 19.9 Å². The van der Waals surface area contributed by atoms with Crippen LogP contribution in [0.1, 0.15) is 23.5 Å². The number of nitrogens with one attached hydrogen (secondary N) is 1. The fourth-order valence-electron chi connectivity index (χ4n) is 3.89. The highest BCUT2D eigenvalue weighted by molar-refractivity contribution is 7.80. The van der Waals surface area contributed by atoms with Crippen LogP contribution in [0, 0.1) is 0 Å². The van der Waals surface area contributed by atoms with Crippen molar-refractivity contribution in [2.45, 2.75) is 12.1 Å². The van der Waals surface area contributed by atoms with Gasteiger partial charge in [-0.15, -0.1) is 0 Å². The van der Waals surface area contributed by atoms with E-state index in [4.69, 9.17) is 12.2 Å². The number of aromatic hydroxyl groups is 1. The lowest BCUT2D eigenvalue weighted by Gasteiger charge is -2.28. The number of aromatic nitrogens is 3. The molecule has 0 saturated carbocycles. The first-order chi connectivity index (χ1) is 14.7. The lowest BCUT2D eigenvalue weighted by Crippen LogP contribution is -2.30. The van der Waals surface area contributed by atoms with Crippen molar-refractivity contribution in [2.24, 2.45) is 0 Å². The van der Waals surface area contributed by atoms with Gasteiger partial charge in [-0.3, -0.25) is 4.98 Å². The molecule has 148 valence electrons. The van der Waals surface area contributed by atoms with Gasteiger partial charge in [0.1, 0.15) is 17.6 Å². The highest BCUT2D eigenvalue weighted by Crippen LogP contribution is 2.42. The number of hydrogen-bond donors (Lipinski definition) is 2. The molecular formula is C23H19N5OS. The van der Waals surface area contributed by atoms with Gasteiger partial charge in [0.2, 0.25) is 0 Å². The fourth-order valence-corrected chi connectivity index (χ4v) is 4.23. The molecule has 3 aromatic heterocycles. The Morgan fingerprint density at radius 2 is 1.63 bits per heavy atom. The molecule has 1 aliphatic rings. The van der Waals surface area contributed by atoms with Crippen LogP contribution in [-0.2, 0) is 0 Å². The zero-order chi connectivity index (χ0) is 20.5. The van der Waals surface area contributed by atoms with Gasteiger partial charge in [0.05, 0.1) is 11.7 Å². The highest BCUT2D eigenvalue weighted by Gasteiger charge is 2.42. The molecule has 1 saturated heterocycles. The average molecular weight is 414 g/mol. The molecule has 0 aliphatic carbocycles. The molecule has 7 heteroatoms. The number of nitrogens with zero attached hydrogens (tertiary/aromatic N) is 4. The van der Waals surface area contributed by atoms with Gasteiger partial charge < -0.3 is 19.9 Å². The number of phenolic OH excluding ortho intramolecular Hbond substituents is 1. The summed E-state index contributed by atoms with van der Waals surface area (Å²) < 4.78 is 2.07. The van der Waals surface area contributed by atoms with Gasteiger partial charge in [0.25, 0.3) is 0 Å². The van der Waals surface area contributed by atoms with Gasteiger partial charge in [-0.25, -0.2) is 4.98 Å². The van der Waals surface area contributed by atoms with Gasteiger partial charge in [-0.2, -0.15) is 0 Å². The zero-order valence-electron chi connectivity index (χ0n) is 16.0. The van der Waals surface area contributed by atoms with E-state index in [2.05, 4.69) is 30.8 Å². The number of hydrogen-bond acceptors (Lipinski definition) is 4. The predicted molar refractivity (Wildman–Crippen MR) is 120 cm³/mol. The normalized spacial score (nSPS) is 18.4. The van der Waals surface area contributed by atoms with Gasteiger partial charge in [0.15, 0.2) is 5.11 Å². The van der Waals surface area contributed by atoms with E-state index < -0.39 is 0 Å². The molecule has 6 nitrogen and oxygen atoms in total. The summed E-state index contributed by atoms with van der Waals surface area (Å²) >= 11 is 5.74. The Labute approximate surface area is 179 Å². The molecular weight excluding hydrogens is 394 g/mol. The molecule has 0 bridgehead atoms. The summed E-state index contributed by atoms with van der Waals surface area (Å²) in [6.45, 7) is 0. The van der Waals surface area contributed by atoms with E-state index in [0.717, 1.165) is 22.9 Å². The van der Waals surface area contributed by atoms with Crippen LogP contribution >= 0.6 is 12.2 Å². The second-order valence-corrected chi connectivity index (χ2v) is 7.39. The number of pyridine rings is 2. The van der Waals surface area contributed by atoms with Crippen molar-refractivity contribution in [3.8, 4) is 11.6 Å². The topological polar surface area (TPSA) is 66.2 Å². The highest BCUT2D eigenvalue weighted by atomic mass is 32.1. The van der Waals surface area contributed by atoms with Crippen LogP contribution in [0.5, 0.6) is 5.75 Å². The third kappa shape index (κ3) is 3.19. The van der Waals surface area contributed by atoms with Crippen LogP contribution in [0.2, 0.25) is 0 Å². The van der Waals surface area contributed by atoms with E-state index in [-0.39, 0.29) is 17.8 Å². The molecule has 1 fully saturated rings. The summed E-state index contributed by atoms with van der Waals surface area (Å²) in [4.78, 5) is 11.2. The number of phenols is 1. The van der Waals surface area contributed by atoms with Crippen molar-refractivity contribution >= 4 is 23.0 Å². The van der Waals surface area contributed by atoms with Crippen LogP contribution < -0.4 is 10.2 Å². The Kier molecular flexibility index (Phi) is 4.65. The Morgan fingerprint density at radius 3 is 2.33 bits per heavy atom. The molecule has 0 spiro atoms. The second kappa shape index (κ2) is 7.61. The number of benzene rings is 1. The maximum absolute atomic E-state index is 9.75. The van der Waals surface area contributed by atoms with E-state index in [0.29, 0.717) is 5.11 Å². The van der Waals surface area contributed by atoms with Gasteiger partial charge in [-0.1, -0.05) is 12.1 Å². The number of rotatable bonds is 4. The lowest BCUT2D eigenvalue weighted by atomic mass is 10.0. The van der Waals surface area contributed by atoms with Gasteiger partial charge >= 0.3 is 0 Å². The SMILES string of the molecule is Oc1ccc(N2C(=S)N[C@@H](c3ccccn3)[C@H]2c2cccn2-c2ccccn2)cc1. The molecule has 0 radical (unpaired) electrons. The first-order valence-electron chi connectivity index (χ1n) is 9.61. The minimum absolute atomic E-state index is 0.148. The number of thiocarbonyl (C=S) groups is 1. The molecule has 2 N–H and O–H groups in total. The summed E-state index contributed by atoms with van der Waals surface area (Å²) in [5.74, 6) is 1.05. The first kappa shape index (κ1) is 18.3. The molecule has 0 unspecified atom stereocenters. The van der Waals surface area contributed by atoms with E-state index in [9.17, 15) is 5.11 Å². The Bertz CT molecular complexity index is 1160. The molecule has 0 amide bonds. The summed E-state index contributed by atoms with van der Waals surface area (Å²) in [5, 5.41) is 13.8. The van der Waals surface area contributed by atoms with Crippen LogP contribution in [0.4, 0.5) is 5.69 Å². The van der Waals surface area contributed by atoms with Crippen molar-refractivity contribution in [3.63, 3.8) is 0 Å². The molecule has 30 heavy (non-hydrogen) atoms. The van der Waals surface area contributed by atoms with E-state index >= 15 is 0 Å². The van der Waals surface area contributed by atoms with E-state index in [1.165, 1.54) is 0 Å². The lowest BCUT2D eigenvalue weighted by molar-refractivity contribution is 0.475. The zero-order valence-corrected chi connectivity index (χ0v) is 16.8. The van der Waals surface area contributed by atoms with Crippen LogP contribution in [0.25, 0.3) is 5.82 Å². The minimum atomic E-state index is -0.158. The van der Waals surface area contributed by atoms with Crippen molar-refractivity contribution in [1.29, 1.82) is 0 Å². The number of anilines is 1. The van der Waals surface area contributed by atoms with Gasteiger partial charge in [0, 0.05) is 30.0 Å². The Hall–Kier alpha value is -3.71. The standard InChI is InChI=1S/C23H19N5OS/c29-17-11-9-16(10-12-17)28-22(21(26-23(28)30)18-6-1-3-13-24-18)19-7-5-15-27(19)20-8-2-4-14-25-20/h1-15,21-22,29H,(H,26,30)/t21-,22+/m0/s1. The third-order valence-corrected chi connectivity index (χ3v) is 5.52. The molecule has 4 heterocycles.